The zero-order valence-corrected chi connectivity index (χ0v) is 17.4. The highest BCUT2D eigenvalue weighted by Gasteiger charge is 2.14. The summed E-state index contributed by atoms with van der Waals surface area (Å²) in [6, 6.07) is 27.4. The lowest BCUT2D eigenvalue weighted by molar-refractivity contribution is -0.139. The Kier molecular flexibility index (Phi) is 8.23. The van der Waals surface area contributed by atoms with Gasteiger partial charge >= 0.3 is 5.97 Å². The van der Waals surface area contributed by atoms with Crippen LogP contribution in [-0.2, 0) is 29.1 Å². The first-order chi connectivity index (χ1) is 15.1. The number of carboxylic acid groups (broad SMARTS) is 1. The van der Waals surface area contributed by atoms with Crippen LogP contribution in [0.2, 0.25) is 0 Å². The highest BCUT2D eigenvalue weighted by Crippen LogP contribution is 2.17. The van der Waals surface area contributed by atoms with Crippen molar-refractivity contribution in [1.82, 2.24) is 4.90 Å². The zero-order chi connectivity index (χ0) is 21.9. The molecular weight excluding hydrogens is 390 g/mol. The smallest absolute Gasteiger partial charge is 0.341 e. The molecule has 0 saturated carbocycles. The zero-order valence-electron chi connectivity index (χ0n) is 17.4. The standard InChI is InChI=1S/C26H27NO4/c28-25(16-8-14-21-13-7-15-24(17-21)31-20-26(29)30)27(18-22-9-3-1-4-10-22)19-23-11-5-2-6-12-23/h1-7,9-13,15,17H,8,14,16,18-20H2,(H,29,30). The topological polar surface area (TPSA) is 66.8 Å². The van der Waals surface area contributed by atoms with Gasteiger partial charge in [-0.3, -0.25) is 4.79 Å². The average Bonchev–Trinajstić information content (AvgIpc) is 2.79. The molecule has 5 heteroatoms. The predicted molar refractivity (Wildman–Crippen MR) is 120 cm³/mol. The summed E-state index contributed by atoms with van der Waals surface area (Å²) in [4.78, 5) is 25.6. The Balaban J connectivity index is 1.58. The van der Waals surface area contributed by atoms with Crippen molar-refractivity contribution in [3.8, 4) is 5.75 Å². The Hall–Kier alpha value is -3.60. The van der Waals surface area contributed by atoms with Crippen LogP contribution in [0, 0.1) is 0 Å². The molecule has 0 aliphatic heterocycles. The van der Waals surface area contributed by atoms with Crippen molar-refractivity contribution >= 4 is 11.9 Å². The van der Waals surface area contributed by atoms with Crippen LogP contribution in [0.25, 0.3) is 0 Å². The van der Waals surface area contributed by atoms with Crippen LogP contribution in [0.3, 0.4) is 0 Å². The molecule has 0 saturated heterocycles. The van der Waals surface area contributed by atoms with E-state index in [9.17, 15) is 9.59 Å². The molecule has 0 radical (unpaired) electrons. The van der Waals surface area contributed by atoms with Gasteiger partial charge in [0, 0.05) is 19.5 Å². The van der Waals surface area contributed by atoms with Gasteiger partial charge in [0.2, 0.25) is 5.91 Å². The molecule has 0 fully saturated rings. The molecule has 5 nitrogen and oxygen atoms in total. The molecule has 3 aromatic rings. The summed E-state index contributed by atoms with van der Waals surface area (Å²) < 4.78 is 5.23. The summed E-state index contributed by atoms with van der Waals surface area (Å²) in [6.07, 6.45) is 1.88. The van der Waals surface area contributed by atoms with Crippen molar-refractivity contribution in [3.05, 3.63) is 102 Å². The van der Waals surface area contributed by atoms with Gasteiger partial charge in [0.25, 0.3) is 0 Å². The number of ether oxygens (including phenoxy) is 1. The number of amides is 1. The first-order valence-electron chi connectivity index (χ1n) is 10.4. The molecule has 0 aliphatic rings. The van der Waals surface area contributed by atoms with Crippen LogP contribution >= 0.6 is 0 Å². The molecular formula is C26H27NO4. The van der Waals surface area contributed by atoms with Crippen molar-refractivity contribution < 1.29 is 19.4 Å². The van der Waals surface area contributed by atoms with Crippen LogP contribution in [0.1, 0.15) is 29.5 Å². The number of rotatable bonds is 11. The van der Waals surface area contributed by atoms with Crippen molar-refractivity contribution in [1.29, 1.82) is 0 Å². The molecule has 160 valence electrons. The largest absolute Gasteiger partial charge is 0.482 e. The van der Waals surface area contributed by atoms with Gasteiger partial charge in [-0.2, -0.15) is 0 Å². The van der Waals surface area contributed by atoms with Crippen molar-refractivity contribution in [2.24, 2.45) is 0 Å². The van der Waals surface area contributed by atoms with Gasteiger partial charge in [-0.05, 0) is 41.7 Å². The maximum absolute atomic E-state index is 13.0. The first-order valence-corrected chi connectivity index (χ1v) is 10.4. The summed E-state index contributed by atoms with van der Waals surface area (Å²) >= 11 is 0. The van der Waals surface area contributed by atoms with Crippen molar-refractivity contribution in [2.75, 3.05) is 6.61 Å². The fourth-order valence-corrected chi connectivity index (χ4v) is 3.38. The Labute approximate surface area is 182 Å². The number of carbonyl (C=O) groups excluding carboxylic acids is 1. The molecule has 3 rings (SSSR count). The third-order valence-electron chi connectivity index (χ3n) is 4.90. The Morgan fingerprint density at radius 2 is 1.35 bits per heavy atom. The van der Waals surface area contributed by atoms with E-state index in [4.69, 9.17) is 9.84 Å². The Bertz CT molecular complexity index is 931. The van der Waals surface area contributed by atoms with Gasteiger partial charge in [-0.25, -0.2) is 4.79 Å². The summed E-state index contributed by atoms with van der Waals surface area (Å²) in [5, 5.41) is 8.74. The average molecular weight is 418 g/mol. The van der Waals surface area contributed by atoms with Gasteiger partial charge in [0.15, 0.2) is 6.61 Å². The van der Waals surface area contributed by atoms with Gasteiger partial charge in [-0.1, -0.05) is 72.8 Å². The summed E-state index contributed by atoms with van der Waals surface area (Å²) in [7, 11) is 0. The summed E-state index contributed by atoms with van der Waals surface area (Å²) in [5.41, 5.74) is 3.23. The molecule has 0 heterocycles. The lowest BCUT2D eigenvalue weighted by atomic mass is 10.1. The van der Waals surface area contributed by atoms with E-state index < -0.39 is 5.97 Å². The minimum atomic E-state index is -1.01. The van der Waals surface area contributed by atoms with Crippen molar-refractivity contribution in [2.45, 2.75) is 32.4 Å². The van der Waals surface area contributed by atoms with E-state index in [0.717, 1.165) is 23.1 Å². The Morgan fingerprint density at radius 1 is 0.774 bits per heavy atom. The van der Waals surface area contributed by atoms with E-state index in [1.54, 1.807) is 6.07 Å². The molecule has 0 spiro atoms. The summed E-state index contributed by atoms with van der Waals surface area (Å²) in [6.45, 7) is 0.788. The predicted octanol–water partition coefficient (Wildman–Crippen LogP) is 4.70. The molecule has 3 aromatic carbocycles. The van der Waals surface area contributed by atoms with Crippen LogP contribution in [0.5, 0.6) is 5.75 Å². The van der Waals surface area contributed by atoms with E-state index in [2.05, 4.69) is 0 Å². The lowest BCUT2D eigenvalue weighted by Crippen LogP contribution is -2.30. The van der Waals surface area contributed by atoms with Crippen molar-refractivity contribution in [3.63, 3.8) is 0 Å². The highest BCUT2D eigenvalue weighted by molar-refractivity contribution is 5.76. The number of benzene rings is 3. The molecule has 0 bridgehead atoms. The third kappa shape index (κ3) is 7.63. The maximum atomic E-state index is 13.0. The van der Waals surface area contributed by atoms with Crippen LogP contribution in [0.4, 0.5) is 0 Å². The molecule has 0 aliphatic carbocycles. The molecule has 1 N–H and O–H groups in total. The van der Waals surface area contributed by atoms with Gasteiger partial charge < -0.3 is 14.7 Å². The molecule has 0 unspecified atom stereocenters. The molecule has 31 heavy (non-hydrogen) atoms. The molecule has 0 aromatic heterocycles. The quantitative estimate of drug-likeness (QED) is 0.491. The van der Waals surface area contributed by atoms with E-state index in [0.29, 0.717) is 31.7 Å². The van der Waals surface area contributed by atoms with Crippen LogP contribution < -0.4 is 4.74 Å². The first kappa shape index (κ1) is 22.1. The SMILES string of the molecule is O=C(O)COc1cccc(CCCC(=O)N(Cc2ccccc2)Cc2ccccc2)c1. The number of aliphatic carboxylic acids is 1. The highest BCUT2D eigenvalue weighted by atomic mass is 16.5. The van der Waals surface area contributed by atoms with Gasteiger partial charge in [0.05, 0.1) is 0 Å². The summed E-state index contributed by atoms with van der Waals surface area (Å²) in [5.74, 6) is -0.361. The number of carboxylic acids is 1. The minimum absolute atomic E-state index is 0.117. The number of hydrogen-bond donors (Lipinski definition) is 1. The monoisotopic (exact) mass is 417 g/mol. The van der Waals surface area contributed by atoms with Gasteiger partial charge in [0.1, 0.15) is 5.75 Å². The van der Waals surface area contributed by atoms with E-state index in [1.807, 2.05) is 83.8 Å². The number of carbonyl (C=O) groups is 2. The van der Waals surface area contributed by atoms with Crippen LogP contribution in [0.15, 0.2) is 84.9 Å². The molecule has 0 atom stereocenters. The second-order valence-electron chi connectivity index (χ2n) is 7.40. The minimum Gasteiger partial charge on any atom is -0.482 e. The number of hydrogen-bond acceptors (Lipinski definition) is 3. The number of aryl methyl sites for hydroxylation is 1. The van der Waals surface area contributed by atoms with E-state index >= 15 is 0 Å². The Morgan fingerprint density at radius 3 is 1.94 bits per heavy atom. The maximum Gasteiger partial charge on any atom is 0.341 e. The third-order valence-corrected chi connectivity index (χ3v) is 4.90. The lowest BCUT2D eigenvalue weighted by Gasteiger charge is -2.23. The molecule has 1 amide bonds. The second kappa shape index (κ2) is 11.6. The van der Waals surface area contributed by atoms with E-state index in [-0.39, 0.29) is 12.5 Å². The number of nitrogens with zero attached hydrogens (tertiary/aromatic N) is 1. The van der Waals surface area contributed by atoms with Crippen LogP contribution in [-0.4, -0.2) is 28.5 Å². The fraction of sp³-hybridized carbons (Fsp3) is 0.231. The second-order valence-corrected chi connectivity index (χ2v) is 7.40. The van der Waals surface area contributed by atoms with Gasteiger partial charge in [-0.15, -0.1) is 0 Å². The fourth-order valence-electron chi connectivity index (χ4n) is 3.38. The normalized spacial score (nSPS) is 10.5. The van der Waals surface area contributed by atoms with E-state index in [1.165, 1.54) is 0 Å².